The zero-order valence-electron chi connectivity index (χ0n) is 8.80. The highest BCUT2D eigenvalue weighted by molar-refractivity contribution is 7.91. The quantitative estimate of drug-likeness (QED) is 0.853. The van der Waals surface area contributed by atoms with Crippen molar-refractivity contribution in [1.29, 1.82) is 0 Å². The number of hydrogen-bond acceptors (Lipinski definition) is 5. The lowest BCUT2D eigenvalue weighted by molar-refractivity contribution is 0.595. The minimum absolute atomic E-state index is 0.118. The van der Waals surface area contributed by atoms with E-state index < -0.39 is 9.84 Å². The Hall–Kier alpha value is -1.14. The lowest BCUT2D eigenvalue weighted by Gasteiger charge is -2.06. The molecule has 0 bridgehead atoms. The van der Waals surface area contributed by atoms with Crippen molar-refractivity contribution in [1.82, 2.24) is 4.98 Å². The maximum Gasteiger partial charge on any atom is 0.180 e. The van der Waals surface area contributed by atoms with Gasteiger partial charge in [-0.3, -0.25) is 0 Å². The monoisotopic (exact) mass is 256 g/mol. The highest BCUT2D eigenvalue weighted by Gasteiger charge is 2.18. The number of benzene rings is 1. The van der Waals surface area contributed by atoms with E-state index in [2.05, 4.69) is 4.98 Å². The molecule has 0 spiro atoms. The van der Waals surface area contributed by atoms with E-state index in [9.17, 15) is 8.42 Å². The minimum atomic E-state index is -3.27. The van der Waals surface area contributed by atoms with E-state index in [0.29, 0.717) is 11.9 Å². The van der Waals surface area contributed by atoms with Gasteiger partial charge < -0.3 is 5.73 Å². The van der Waals surface area contributed by atoms with Gasteiger partial charge in [-0.2, -0.15) is 0 Å². The molecule has 1 aromatic carbocycles. The number of nitrogens with two attached hydrogens (primary N) is 1. The van der Waals surface area contributed by atoms with Crippen molar-refractivity contribution in [3.8, 4) is 0 Å². The number of anilines is 1. The van der Waals surface area contributed by atoms with Gasteiger partial charge in [0.05, 0.1) is 26.5 Å². The summed E-state index contributed by atoms with van der Waals surface area (Å²) in [5, 5.41) is 0. The van der Waals surface area contributed by atoms with Gasteiger partial charge >= 0.3 is 0 Å². The number of aromatic nitrogens is 1. The van der Waals surface area contributed by atoms with Crippen LogP contribution in [0.1, 0.15) is 13.3 Å². The molecule has 86 valence electrons. The summed E-state index contributed by atoms with van der Waals surface area (Å²) in [5.74, 6) is 0.118. The van der Waals surface area contributed by atoms with Crippen LogP contribution in [0.4, 0.5) is 5.69 Å². The molecular weight excluding hydrogens is 244 g/mol. The summed E-state index contributed by atoms with van der Waals surface area (Å²) < 4.78 is 24.7. The van der Waals surface area contributed by atoms with Gasteiger partial charge in [-0.25, -0.2) is 13.4 Å². The number of thiazole rings is 1. The van der Waals surface area contributed by atoms with Gasteiger partial charge in [-0.1, -0.05) is 6.92 Å². The van der Waals surface area contributed by atoms with Crippen LogP contribution in [-0.4, -0.2) is 19.2 Å². The van der Waals surface area contributed by atoms with E-state index in [0.717, 1.165) is 4.70 Å². The first-order chi connectivity index (χ1) is 7.56. The second-order valence-corrected chi connectivity index (χ2v) is 6.46. The van der Waals surface area contributed by atoms with Crippen molar-refractivity contribution in [2.75, 3.05) is 11.5 Å². The van der Waals surface area contributed by atoms with E-state index in [1.54, 1.807) is 17.6 Å². The second-order valence-electron chi connectivity index (χ2n) is 3.50. The molecule has 0 fully saturated rings. The lowest BCUT2D eigenvalue weighted by Crippen LogP contribution is -2.08. The van der Waals surface area contributed by atoms with E-state index in [4.69, 9.17) is 5.73 Å². The van der Waals surface area contributed by atoms with Crippen molar-refractivity contribution in [3.05, 3.63) is 17.6 Å². The van der Waals surface area contributed by atoms with Gasteiger partial charge in [-0.05, 0) is 18.6 Å². The molecule has 2 rings (SSSR count). The normalized spacial score (nSPS) is 12.1. The van der Waals surface area contributed by atoms with Crippen LogP contribution in [0.25, 0.3) is 10.2 Å². The smallest absolute Gasteiger partial charge is 0.180 e. The van der Waals surface area contributed by atoms with Crippen LogP contribution in [0.15, 0.2) is 22.5 Å². The first-order valence-electron chi connectivity index (χ1n) is 4.90. The van der Waals surface area contributed by atoms with Crippen molar-refractivity contribution < 1.29 is 8.42 Å². The van der Waals surface area contributed by atoms with Gasteiger partial charge in [0.15, 0.2) is 9.84 Å². The first kappa shape index (κ1) is 11.3. The van der Waals surface area contributed by atoms with Crippen LogP contribution in [0.3, 0.4) is 0 Å². The number of rotatable bonds is 3. The average molecular weight is 256 g/mol. The predicted octanol–water partition coefficient (Wildman–Crippen LogP) is 2.06. The maximum absolute atomic E-state index is 11.9. The highest BCUT2D eigenvalue weighted by atomic mass is 32.2. The van der Waals surface area contributed by atoms with Gasteiger partial charge in [0.2, 0.25) is 0 Å². The Bertz CT molecular complexity index is 617. The summed E-state index contributed by atoms with van der Waals surface area (Å²) in [7, 11) is -3.27. The van der Waals surface area contributed by atoms with Gasteiger partial charge in [0, 0.05) is 0 Å². The molecule has 0 aliphatic rings. The molecular formula is C10H12N2O2S2. The minimum Gasteiger partial charge on any atom is -0.396 e. The number of fused-ring (bicyclic) bond motifs is 1. The van der Waals surface area contributed by atoms with Gasteiger partial charge in [0.25, 0.3) is 0 Å². The molecule has 4 nitrogen and oxygen atoms in total. The van der Waals surface area contributed by atoms with E-state index >= 15 is 0 Å². The van der Waals surface area contributed by atoms with Crippen molar-refractivity contribution >= 4 is 37.1 Å². The molecule has 0 amide bonds. The fourth-order valence-corrected chi connectivity index (χ4v) is 3.74. The third kappa shape index (κ3) is 1.78. The lowest BCUT2D eigenvalue weighted by atomic mass is 10.3. The van der Waals surface area contributed by atoms with Crippen LogP contribution >= 0.6 is 11.3 Å². The van der Waals surface area contributed by atoms with Crippen LogP contribution in [0, 0.1) is 0 Å². The fraction of sp³-hybridized carbons (Fsp3) is 0.300. The van der Waals surface area contributed by atoms with E-state index in [-0.39, 0.29) is 16.3 Å². The molecule has 0 aliphatic heterocycles. The summed E-state index contributed by atoms with van der Waals surface area (Å²) in [6, 6.07) is 3.33. The molecule has 0 radical (unpaired) electrons. The number of nitrogens with zero attached hydrogens (tertiary/aromatic N) is 1. The summed E-state index contributed by atoms with van der Waals surface area (Å²) >= 11 is 1.45. The Morgan fingerprint density at radius 3 is 2.88 bits per heavy atom. The van der Waals surface area contributed by atoms with Crippen LogP contribution < -0.4 is 5.73 Å². The predicted molar refractivity (Wildman–Crippen MR) is 66.4 cm³/mol. The first-order valence-corrected chi connectivity index (χ1v) is 7.44. The summed E-state index contributed by atoms with van der Waals surface area (Å²) in [6.45, 7) is 1.83. The summed E-state index contributed by atoms with van der Waals surface area (Å²) in [5.41, 5.74) is 8.36. The Kier molecular flexibility index (Phi) is 2.86. The zero-order chi connectivity index (χ0) is 11.8. The Balaban J connectivity index is 2.66. The molecule has 0 atom stereocenters. The molecule has 1 heterocycles. The SMILES string of the molecule is CCCS(=O)(=O)c1ccc2scnc2c1N. The Morgan fingerprint density at radius 1 is 1.44 bits per heavy atom. The number of nitrogen functional groups attached to an aromatic ring is 1. The molecule has 0 saturated heterocycles. The third-order valence-corrected chi connectivity index (χ3v) is 5.08. The summed E-state index contributed by atoms with van der Waals surface area (Å²) in [6.07, 6.45) is 0.580. The van der Waals surface area contributed by atoms with Crippen molar-refractivity contribution in [3.63, 3.8) is 0 Å². The van der Waals surface area contributed by atoms with Crippen molar-refractivity contribution in [2.45, 2.75) is 18.2 Å². The fourth-order valence-electron chi connectivity index (χ4n) is 1.58. The molecule has 2 aromatic rings. The van der Waals surface area contributed by atoms with Crippen LogP contribution in [-0.2, 0) is 9.84 Å². The number of sulfone groups is 1. The second kappa shape index (κ2) is 4.03. The van der Waals surface area contributed by atoms with E-state index in [1.807, 2.05) is 6.92 Å². The standard InChI is InChI=1S/C10H12N2O2S2/c1-2-5-16(13,14)8-4-3-7-10(9(8)11)12-6-15-7/h3-4,6H,2,5,11H2,1H3. The molecule has 0 saturated carbocycles. The summed E-state index contributed by atoms with van der Waals surface area (Å²) in [4.78, 5) is 4.28. The molecule has 16 heavy (non-hydrogen) atoms. The Labute approximate surface area is 98.0 Å². The largest absolute Gasteiger partial charge is 0.396 e. The van der Waals surface area contributed by atoms with Crippen LogP contribution in [0.5, 0.6) is 0 Å². The topological polar surface area (TPSA) is 73.0 Å². The van der Waals surface area contributed by atoms with Crippen LogP contribution in [0.2, 0.25) is 0 Å². The average Bonchev–Trinajstić information content (AvgIpc) is 2.66. The Morgan fingerprint density at radius 2 is 2.19 bits per heavy atom. The molecule has 2 N–H and O–H groups in total. The van der Waals surface area contributed by atoms with Gasteiger partial charge in [-0.15, -0.1) is 11.3 Å². The zero-order valence-corrected chi connectivity index (χ0v) is 10.4. The molecule has 6 heteroatoms. The number of hydrogen-bond donors (Lipinski definition) is 1. The molecule has 0 unspecified atom stereocenters. The highest BCUT2D eigenvalue weighted by Crippen LogP contribution is 2.30. The maximum atomic E-state index is 11.9. The third-order valence-electron chi connectivity index (χ3n) is 2.31. The molecule has 1 aromatic heterocycles. The van der Waals surface area contributed by atoms with Gasteiger partial charge in [0.1, 0.15) is 5.52 Å². The van der Waals surface area contributed by atoms with E-state index in [1.165, 1.54) is 11.3 Å². The molecule has 0 aliphatic carbocycles. The van der Waals surface area contributed by atoms with Crippen molar-refractivity contribution in [2.24, 2.45) is 0 Å².